The van der Waals surface area contributed by atoms with E-state index in [9.17, 15) is 0 Å². The van der Waals surface area contributed by atoms with Crippen molar-refractivity contribution in [2.75, 3.05) is 0 Å². The first-order valence-corrected chi connectivity index (χ1v) is 10.5. The third-order valence-corrected chi connectivity index (χ3v) is 5.21. The average Bonchev–Trinajstić information content (AvgIpc) is 2.75. The van der Waals surface area contributed by atoms with E-state index in [2.05, 4.69) is 72.7 Å². The minimum atomic E-state index is 0.963. The summed E-state index contributed by atoms with van der Waals surface area (Å²) < 4.78 is 0. The van der Waals surface area contributed by atoms with Crippen LogP contribution in [-0.4, -0.2) is 0 Å². The van der Waals surface area contributed by atoms with Gasteiger partial charge >= 0.3 is 0 Å². The minimum absolute atomic E-state index is 0.963. The Labute approximate surface area is 172 Å². The molecule has 0 saturated heterocycles. The molecule has 2 heteroatoms. The molecule has 0 atom stereocenters. The minimum Gasteiger partial charge on any atom is -0.185 e. The fourth-order valence-corrected chi connectivity index (χ4v) is 3.37. The monoisotopic (exact) mass is 381 g/mol. The molecule has 0 fully saturated rings. The van der Waals surface area contributed by atoms with Crippen LogP contribution in [0.2, 0.25) is 0 Å². The zero-order valence-corrected chi connectivity index (χ0v) is 16.9. The van der Waals surface area contributed by atoms with Crippen molar-refractivity contribution in [2.45, 2.75) is 37.5 Å². The number of hydrogen-bond acceptors (Lipinski definition) is 2. The Morgan fingerprint density at radius 1 is 0.714 bits per heavy atom. The molecule has 3 aromatic rings. The highest BCUT2D eigenvalue weighted by atomic mass is 32.2. The molecule has 3 aromatic carbocycles. The first-order valence-electron chi connectivity index (χ1n) is 9.66. The standard InChI is InChI=1S/C26H23NS/c1-2-3-4-5-21-6-8-22(9-7-21)10-11-23-12-14-24(15-13-23)25-16-18-26(19-17-25)28-20-27/h6-9,12-19H,2-5H2,1H3. The van der Waals surface area contributed by atoms with Crippen LogP contribution in [0.5, 0.6) is 0 Å². The highest BCUT2D eigenvalue weighted by Gasteiger charge is 1.99. The smallest absolute Gasteiger partial charge is 0.138 e. The quantitative estimate of drug-likeness (QED) is 0.197. The van der Waals surface area contributed by atoms with E-state index in [-0.39, 0.29) is 0 Å². The second kappa shape index (κ2) is 10.4. The molecule has 0 aliphatic rings. The summed E-state index contributed by atoms with van der Waals surface area (Å²) in [6.07, 6.45) is 4.96. The van der Waals surface area contributed by atoms with Crippen molar-refractivity contribution in [1.29, 1.82) is 5.26 Å². The van der Waals surface area contributed by atoms with Crippen molar-refractivity contribution >= 4 is 11.8 Å². The summed E-state index contributed by atoms with van der Waals surface area (Å²) >= 11 is 1.18. The van der Waals surface area contributed by atoms with Crippen molar-refractivity contribution in [2.24, 2.45) is 0 Å². The number of nitriles is 1. The third kappa shape index (κ3) is 5.78. The normalized spacial score (nSPS) is 10.0. The van der Waals surface area contributed by atoms with Gasteiger partial charge in [0.05, 0.1) is 0 Å². The van der Waals surface area contributed by atoms with E-state index in [0.717, 1.165) is 33.6 Å². The molecule has 3 rings (SSSR count). The van der Waals surface area contributed by atoms with Gasteiger partial charge in [-0.15, -0.1) is 0 Å². The lowest BCUT2D eigenvalue weighted by atomic mass is 10.0. The van der Waals surface area contributed by atoms with Gasteiger partial charge in [-0.25, -0.2) is 0 Å². The number of aryl methyl sites for hydroxylation is 1. The molecule has 0 bridgehead atoms. The van der Waals surface area contributed by atoms with Crippen molar-refractivity contribution in [1.82, 2.24) is 0 Å². The van der Waals surface area contributed by atoms with Crippen molar-refractivity contribution < 1.29 is 0 Å². The van der Waals surface area contributed by atoms with Gasteiger partial charge in [-0.05, 0) is 77.7 Å². The first kappa shape index (κ1) is 19.8. The van der Waals surface area contributed by atoms with Gasteiger partial charge in [-0.2, -0.15) is 5.26 Å². The second-order valence-corrected chi connectivity index (χ2v) is 7.56. The summed E-state index contributed by atoms with van der Waals surface area (Å²) in [7, 11) is 0. The fraction of sp³-hybridized carbons (Fsp3) is 0.192. The first-order chi connectivity index (χ1) is 13.8. The van der Waals surface area contributed by atoms with Gasteiger partial charge in [0.15, 0.2) is 0 Å². The molecule has 0 heterocycles. The summed E-state index contributed by atoms with van der Waals surface area (Å²) in [5.41, 5.74) is 5.74. The van der Waals surface area contributed by atoms with Crippen molar-refractivity contribution in [3.8, 4) is 28.4 Å². The van der Waals surface area contributed by atoms with Gasteiger partial charge in [0.25, 0.3) is 0 Å². The van der Waals surface area contributed by atoms with Gasteiger partial charge in [-0.3, -0.25) is 0 Å². The molecule has 138 valence electrons. The molecule has 0 aromatic heterocycles. The third-order valence-electron chi connectivity index (χ3n) is 4.61. The summed E-state index contributed by atoms with van der Waals surface area (Å²) in [6.45, 7) is 2.23. The van der Waals surface area contributed by atoms with E-state index in [4.69, 9.17) is 5.26 Å². The number of benzene rings is 3. The van der Waals surface area contributed by atoms with Crippen LogP contribution in [-0.2, 0) is 6.42 Å². The number of rotatable bonds is 6. The number of hydrogen-bond donors (Lipinski definition) is 0. The predicted octanol–water partition coefficient (Wildman–Crippen LogP) is 7.06. The lowest BCUT2D eigenvalue weighted by molar-refractivity contribution is 0.717. The van der Waals surface area contributed by atoms with Gasteiger partial charge < -0.3 is 0 Å². The lowest BCUT2D eigenvalue weighted by Crippen LogP contribution is -1.85. The Kier molecular flexibility index (Phi) is 7.36. The van der Waals surface area contributed by atoms with E-state index in [1.807, 2.05) is 24.3 Å². The predicted molar refractivity (Wildman–Crippen MR) is 119 cm³/mol. The Bertz CT molecular complexity index is 982. The zero-order chi connectivity index (χ0) is 19.6. The molecule has 0 aliphatic heterocycles. The molecule has 0 unspecified atom stereocenters. The fourth-order valence-electron chi connectivity index (χ4n) is 2.99. The Balaban J connectivity index is 1.64. The van der Waals surface area contributed by atoms with Crippen LogP contribution in [0.3, 0.4) is 0 Å². The Hall–Kier alpha value is -2.94. The molecule has 28 heavy (non-hydrogen) atoms. The van der Waals surface area contributed by atoms with Crippen LogP contribution >= 0.6 is 11.8 Å². The average molecular weight is 382 g/mol. The molecule has 0 amide bonds. The van der Waals surface area contributed by atoms with Crippen LogP contribution < -0.4 is 0 Å². The topological polar surface area (TPSA) is 23.8 Å². The van der Waals surface area contributed by atoms with E-state index in [1.54, 1.807) is 0 Å². The molecule has 1 nitrogen and oxygen atoms in total. The molecule has 0 N–H and O–H groups in total. The molecular weight excluding hydrogens is 358 g/mol. The van der Waals surface area contributed by atoms with Gasteiger partial charge in [-0.1, -0.05) is 68.0 Å². The van der Waals surface area contributed by atoms with Gasteiger partial charge in [0.1, 0.15) is 5.40 Å². The number of unbranched alkanes of at least 4 members (excludes halogenated alkanes) is 2. The van der Waals surface area contributed by atoms with Gasteiger partial charge in [0, 0.05) is 16.0 Å². The summed E-state index contributed by atoms with van der Waals surface area (Å²) in [6, 6.07) is 24.9. The summed E-state index contributed by atoms with van der Waals surface area (Å²) in [4.78, 5) is 0.963. The SMILES string of the molecule is CCCCCc1ccc(C#Cc2ccc(-c3ccc(SC#N)cc3)cc2)cc1. The van der Waals surface area contributed by atoms with Crippen molar-refractivity contribution in [3.63, 3.8) is 0 Å². The number of thioether (sulfide) groups is 1. The lowest BCUT2D eigenvalue weighted by Gasteiger charge is -2.02. The van der Waals surface area contributed by atoms with E-state index < -0.39 is 0 Å². The maximum atomic E-state index is 8.73. The van der Waals surface area contributed by atoms with Gasteiger partial charge in [0.2, 0.25) is 0 Å². The van der Waals surface area contributed by atoms with Crippen molar-refractivity contribution in [3.05, 3.63) is 89.5 Å². The molecule has 0 aliphatic carbocycles. The van der Waals surface area contributed by atoms with Crippen LogP contribution in [0.25, 0.3) is 11.1 Å². The molecule has 0 spiro atoms. The zero-order valence-electron chi connectivity index (χ0n) is 16.1. The second-order valence-electron chi connectivity index (χ2n) is 6.70. The molecular formula is C26H23NS. The molecule has 0 saturated carbocycles. The highest BCUT2D eigenvalue weighted by molar-refractivity contribution is 8.03. The molecule has 0 radical (unpaired) electrons. The largest absolute Gasteiger partial charge is 0.185 e. The number of nitrogens with zero attached hydrogens (tertiary/aromatic N) is 1. The summed E-state index contributed by atoms with van der Waals surface area (Å²) in [5, 5.41) is 10.8. The summed E-state index contributed by atoms with van der Waals surface area (Å²) in [5.74, 6) is 6.50. The van der Waals surface area contributed by atoms with Crippen LogP contribution in [0.1, 0.15) is 42.9 Å². The van der Waals surface area contributed by atoms with E-state index in [0.29, 0.717) is 0 Å². The van der Waals surface area contributed by atoms with E-state index >= 15 is 0 Å². The highest BCUT2D eigenvalue weighted by Crippen LogP contribution is 2.24. The Morgan fingerprint density at radius 2 is 1.25 bits per heavy atom. The van der Waals surface area contributed by atoms with Crippen LogP contribution in [0.15, 0.2) is 77.7 Å². The van der Waals surface area contributed by atoms with Crippen LogP contribution in [0, 0.1) is 22.5 Å². The maximum Gasteiger partial charge on any atom is 0.138 e. The Morgan fingerprint density at radius 3 is 1.79 bits per heavy atom. The van der Waals surface area contributed by atoms with Crippen LogP contribution in [0.4, 0.5) is 0 Å². The maximum absolute atomic E-state index is 8.73. The number of thiocyanates is 1. The van der Waals surface area contributed by atoms with E-state index in [1.165, 1.54) is 36.6 Å².